The van der Waals surface area contributed by atoms with Gasteiger partial charge in [0.25, 0.3) is 0 Å². The van der Waals surface area contributed by atoms with Crippen LogP contribution in [0.25, 0.3) is 0 Å². The molecule has 4 N–H and O–H groups in total. The lowest BCUT2D eigenvalue weighted by Gasteiger charge is -2.39. The average Bonchev–Trinajstić information content (AvgIpc) is 3.17. The van der Waals surface area contributed by atoms with Crippen molar-refractivity contribution in [2.24, 2.45) is 0 Å². The smallest absolute Gasteiger partial charge is 0.306 e. The number of unbranched alkanes of at least 4 members (excludes halogenated alkanes) is 21. The Hall–Kier alpha value is -1.82. The predicted octanol–water partition coefficient (Wildman–Crippen LogP) is 8.94. The molecule has 0 radical (unpaired) electrons. The van der Waals surface area contributed by atoms with Gasteiger partial charge in [-0.05, 0) is 44.9 Å². The van der Waals surface area contributed by atoms with Crippen LogP contribution in [-0.4, -0.2) is 89.0 Å². The molecule has 6 atom stereocenters. The van der Waals surface area contributed by atoms with Gasteiger partial charge < -0.3 is 39.4 Å². The molecule has 316 valence electrons. The van der Waals surface area contributed by atoms with Gasteiger partial charge in [-0.2, -0.15) is 0 Å². The van der Waals surface area contributed by atoms with Gasteiger partial charge in [0.1, 0.15) is 31.0 Å². The van der Waals surface area contributed by atoms with E-state index >= 15 is 0 Å². The van der Waals surface area contributed by atoms with Crippen molar-refractivity contribution in [3.63, 3.8) is 0 Å². The second-order valence-electron chi connectivity index (χ2n) is 15.2. The van der Waals surface area contributed by atoms with Gasteiger partial charge in [0.15, 0.2) is 12.4 Å². The van der Waals surface area contributed by atoms with Gasteiger partial charge >= 0.3 is 11.9 Å². The van der Waals surface area contributed by atoms with Gasteiger partial charge in [0.05, 0.1) is 13.2 Å². The summed E-state index contributed by atoms with van der Waals surface area (Å²) < 4.78 is 22.1. The maximum Gasteiger partial charge on any atom is 0.306 e. The molecule has 1 heterocycles. The van der Waals surface area contributed by atoms with E-state index in [1.54, 1.807) is 0 Å². The van der Waals surface area contributed by atoms with Crippen LogP contribution in [0, 0.1) is 0 Å². The van der Waals surface area contributed by atoms with Gasteiger partial charge in [0.2, 0.25) is 0 Å². The minimum Gasteiger partial charge on any atom is -0.462 e. The highest BCUT2D eigenvalue weighted by molar-refractivity contribution is 5.70. The molecule has 0 bridgehead atoms. The molecule has 10 heteroatoms. The normalized spacial score (nSPS) is 20.9. The molecule has 0 amide bonds. The van der Waals surface area contributed by atoms with E-state index in [4.69, 9.17) is 18.9 Å². The van der Waals surface area contributed by atoms with Crippen molar-refractivity contribution in [2.75, 3.05) is 19.8 Å². The zero-order valence-electron chi connectivity index (χ0n) is 34.2. The Bertz CT molecular complexity index is 938. The van der Waals surface area contributed by atoms with Crippen LogP contribution in [-0.2, 0) is 28.5 Å². The van der Waals surface area contributed by atoms with Crippen LogP contribution in [0.2, 0.25) is 0 Å². The zero-order valence-corrected chi connectivity index (χ0v) is 34.2. The fourth-order valence-corrected chi connectivity index (χ4v) is 6.57. The van der Waals surface area contributed by atoms with Crippen molar-refractivity contribution >= 4 is 11.9 Å². The fourth-order valence-electron chi connectivity index (χ4n) is 6.57. The number of carbonyl (C=O) groups excluding carboxylic acids is 2. The van der Waals surface area contributed by atoms with E-state index in [2.05, 4.69) is 38.2 Å². The first-order chi connectivity index (χ1) is 26.3. The summed E-state index contributed by atoms with van der Waals surface area (Å²) >= 11 is 0. The lowest BCUT2D eigenvalue weighted by atomic mass is 9.99. The number of aliphatic hydroxyl groups excluding tert-OH is 4. The number of aliphatic hydroxyl groups is 4. The van der Waals surface area contributed by atoms with Gasteiger partial charge in [-0.3, -0.25) is 9.59 Å². The van der Waals surface area contributed by atoms with Crippen molar-refractivity contribution in [1.29, 1.82) is 0 Å². The highest BCUT2D eigenvalue weighted by Crippen LogP contribution is 2.22. The first-order valence-corrected chi connectivity index (χ1v) is 21.9. The van der Waals surface area contributed by atoms with Crippen LogP contribution in [0.4, 0.5) is 0 Å². The maximum absolute atomic E-state index is 12.7. The number of hydrogen-bond donors (Lipinski definition) is 4. The van der Waals surface area contributed by atoms with Crippen molar-refractivity contribution in [1.82, 2.24) is 0 Å². The molecule has 0 saturated carbocycles. The molecular formula is C44H80O10. The highest BCUT2D eigenvalue weighted by atomic mass is 16.7. The molecular weight excluding hydrogens is 688 g/mol. The van der Waals surface area contributed by atoms with E-state index in [1.165, 1.54) is 103 Å². The molecule has 2 unspecified atom stereocenters. The average molecular weight is 769 g/mol. The fraction of sp³-hybridized carbons (Fsp3) is 0.864. The topological polar surface area (TPSA) is 152 Å². The second-order valence-corrected chi connectivity index (χ2v) is 15.2. The molecule has 1 rings (SSSR count). The number of hydrogen-bond acceptors (Lipinski definition) is 10. The Morgan fingerprint density at radius 2 is 1.04 bits per heavy atom. The number of esters is 2. The zero-order chi connectivity index (χ0) is 39.5. The Balaban J connectivity index is 2.34. The monoisotopic (exact) mass is 769 g/mol. The molecule has 1 aliphatic rings. The third-order valence-electron chi connectivity index (χ3n) is 10.1. The van der Waals surface area contributed by atoms with Gasteiger partial charge in [-0.1, -0.05) is 154 Å². The number of carbonyl (C=O) groups is 2. The minimum atomic E-state index is -1.59. The lowest BCUT2D eigenvalue weighted by Crippen LogP contribution is -2.59. The van der Waals surface area contributed by atoms with Crippen molar-refractivity contribution < 1.29 is 49.0 Å². The van der Waals surface area contributed by atoms with Gasteiger partial charge in [-0.15, -0.1) is 0 Å². The Morgan fingerprint density at radius 3 is 1.57 bits per heavy atom. The summed E-state index contributed by atoms with van der Waals surface area (Å²) in [4.78, 5) is 25.3. The standard InChI is InChI=1S/C44H80O10/c1-3-5-7-9-11-13-15-17-18-19-20-21-23-25-27-29-31-33-40(47)53-37(36-52-44-43(50)42(49)41(48)38(34-45)54-44)35-51-39(46)32-30-28-26-24-22-16-14-12-10-8-6-4-2/h11,13,17-18,37-38,41-45,48-50H,3-10,12,14-16,19-36H2,1-2H3/b13-11+,18-17+/t37-,38-,41+,42?,43?,44-/m1/s1. The molecule has 0 spiro atoms. The van der Waals surface area contributed by atoms with Gasteiger partial charge in [-0.25, -0.2) is 0 Å². The van der Waals surface area contributed by atoms with E-state index in [-0.39, 0.29) is 32.0 Å². The lowest BCUT2D eigenvalue weighted by molar-refractivity contribution is -0.305. The first kappa shape index (κ1) is 50.2. The van der Waals surface area contributed by atoms with E-state index < -0.39 is 49.4 Å². The first-order valence-electron chi connectivity index (χ1n) is 21.9. The summed E-state index contributed by atoms with van der Waals surface area (Å²) in [5.74, 6) is -0.811. The largest absolute Gasteiger partial charge is 0.462 e. The van der Waals surface area contributed by atoms with Crippen LogP contribution in [0.15, 0.2) is 24.3 Å². The third-order valence-corrected chi connectivity index (χ3v) is 10.1. The predicted molar refractivity (Wildman–Crippen MR) is 215 cm³/mol. The second kappa shape index (κ2) is 35.6. The van der Waals surface area contributed by atoms with Crippen LogP contribution in [0.1, 0.15) is 187 Å². The third kappa shape index (κ3) is 26.9. The van der Waals surface area contributed by atoms with E-state index in [0.29, 0.717) is 6.42 Å². The Labute approximate surface area is 328 Å². The Kier molecular flexibility index (Phi) is 33.1. The van der Waals surface area contributed by atoms with Crippen molar-refractivity contribution in [3.8, 4) is 0 Å². The summed E-state index contributed by atoms with van der Waals surface area (Å²) in [5, 5.41) is 40.0. The van der Waals surface area contributed by atoms with Crippen molar-refractivity contribution in [3.05, 3.63) is 24.3 Å². The molecule has 0 aromatic rings. The summed E-state index contributed by atoms with van der Waals surface area (Å²) in [6, 6.07) is 0. The van der Waals surface area contributed by atoms with E-state index in [0.717, 1.165) is 51.4 Å². The summed E-state index contributed by atoms with van der Waals surface area (Å²) in [7, 11) is 0. The summed E-state index contributed by atoms with van der Waals surface area (Å²) in [6.45, 7) is 3.39. The number of allylic oxidation sites excluding steroid dienone is 4. The summed E-state index contributed by atoms with van der Waals surface area (Å²) in [5.41, 5.74) is 0. The van der Waals surface area contributed by atoms with Crippen LogP contribution in [0.3, 0.4) is 0 Å². The molecule has 1 aliphatic heterocycles. The molecule has 1 fully saturated rings. The maximum atomic E-state index is 12.7. The number of ether oxygens (including phenoxy) is 4. The summed E-state index contributed by atoms with van der Waals surface area (Å²) in [6.07, 6.45) is 30.4. The Morgan fingerprint density at radius 1 is 0.574 bits per heavy atom. The van der Waals surface area contributed by atoms with E-state index in [9.17, 15) is 30.0 Å². The molecule has 0 aromatic heterocycles. The molecule has 0 aromatic carbocycles. The van der Waals surface area contributed by atoms with Crippen LogP contribution in [0.5, 0.6) is 0 Å². The van der Waals surface area contributed by atoms with Crippen molar-refractivity contribution in [2.45, 2.75) is 224 Å². The molecule has 10 nitrogen and oxygen atoms in total. The van der Waals surface area contributed by atoms with Crippen LogP contribution < -0.4 is 0 Å². The number of rotatable bonds is 36. The van der Waals surface area contributed by atoms with Gasteiger partial charge in [0, 0.05) is 12.8 Å². The minimum absolute atomic E-state index is 0.217. The van der Waals surface area contributed by atoms with E-state index in [1.807, 2.05) is 0 Å². The SMILES string of the molecule is CCCCC/C=C/C/C=C/CCCCCCCCCC(=O)O[C@H](COC(=O)CCCCCCCCCCCCCC)CO[C@@H]1O[C@H](CO)[C@H](O)C(O)C1O. The molecule has 0 aliphatic carbocycles. The highest BCUT2D eigenvalue weighted by Gasteiger charge is 2.44. The van der Waals surface area contributed by atoms with Crippen LogP contribution >= 0.6 is 0 Å². The molecule has 1 saturated heterocycles. The molecule has 54 heavy (non-hydrogen) atoms. The quantitative estimate of drug-likeness (QED) is 0.0276.